The van der Waals surface area contributed by atoms with Crippen molar-refractivity contribution >= 4 is 11.6 Å². The van der Waals surface area contributed by atoms with Crippen LogP contribution in [-0.4, -0.2) is 36.1 Å². The minimum absolute atomic E-state index is 0.465. The molecule has 4 heteroatoms. The van der Waals surface area contributed by atoms with Crippen LogP contribution in [0.2, 0.25) is 5.15 Å². The highest BCUT2D eigenvalue weighted by molar-refractivity contribution is 6.29. The number of hydrogen-bond donors (Lipinski definition) is 0. The molecular formula is C18H23ClN2O. The number of rotatable bonds is 8. The number of pyridine rings is 1. The quantitative estimate of drug-likeness (QED) is 0.529. The highest BCUT2D eigenvalue weighted by atomic mass is 35.5. The van der Waals surface area contributed by atoms with Crippen LogP contribution in [0.25, 0.3) is 0 Å². The SMILES string of the molecule is C=CC1=C(C=C)CN(CCCCOc2cccc(Cl)n2)CC1. The smallest absolute Gasteiger partial charge is 0.214 e. The molecule has 0 atom stereocenters. The molecule has 0 bridgehead atoms. The Kier molecular flexibility index (Phi) is 6.69. The maximum Gasteiger partial charge on any atom is 0.214 e. The summed E-state index contributed by atoms with van der Waals surface area (Å²) in [7, 11) is 0. The molecule has 1 aliphatic rings. The van der Waals surface area contributed by atoms with Crippen molar-refractivity contribution in [2.24, 2.45) is 0 Å². The second kappa shape index (κ2) is 8.76. The third-order valence-corrected chi connectivity index (χ3v) is 4.02. The van der Waals surface area contributed by atoms with Crippen molar-refractivity contribution in [3.8, 4) is 5.88 Å². The minimum Gasteiger partial charge on any atom is -0.478 e. The monoisotopic (exact) mass is 318 g/mol. The third-order valence-electron chi connectivity index (χ3n) is 3.80. The first-order valence-electron chi connectivity index (χ1n) is 7.67. The summed E-state index contributed by atoms with van der Waals surface area (Å²) in [6.45, 7) is 11.6. The first-order valence-corrected chi connectivity index (χ1v) is 8.05. The normalized spacial score (nSPS) is 15.7. The van der Waals surface area contributed by atoms with E-state index >= 15 is 0 Å². The standard InChI is InChI=1S/C18H23ClN2O/c1-3-15-10-12-21(14-16(15)4-2)11-5-6-13-22-18-9-7-8-17(19)20-18/h3-4,7-9H,1-2,5-6,10-14H2. The fourth-order valence-corrected chi connectivity index (χ4v) is 2.72. The summed E-state index contributed by atoms with van der Waals surface area (Å²) >= 11 is 5.82. The summed E-state index contributed by atoms with van der Waals surface area (Å²) in [5, 5.41) is 0.465. The molecule has 0 aliphatic carbocycles. The Hall–Kier alpha value is -1.58. The van der Waals surface area contributed by atoms with Crippen LogP contribution in [0.4, 0.5) is 0 Å². The molecule has 0 N–H and O–H groups in total. The Morgan fingerprint density at radius 1 is 1.23 bits per heavy atom. The van der Waals surface area contributed by atoms with Crippen LogP contribution < -0.4 is 4.74 Å². The Labute approximate surface area is 137 Å². The van der Waals surface area contributed by atoms with Crippen LogP contribution in [0.3, 0.4) is 0 Å². The van der Waals surface area contributed by atoms with Gasteiger partial charge in [-0.05, 0) is 43.0 Å². The number of aromatic nitrogens is 1. The molecule has 0 radical (unpaired) electrons. The lowest BCUT2D eigenvalue weighted by molar-refractivity contribution is 0.255. The largest absolute Gasteiger partial charge is 0.478 e. The maximum absolute atomic E-state index is 5.82. The summed E-state index contributed by atoms with van der Waals surface area (Å²) in [5.74, 6) is 0.595. The number of ether oxygens (including phenoxy) is 1. The molecule has 0 unspecified atom stereocenters. The van der Waals surface area contributed by atoms with Crippen molar-refractivity contribution in [1.82, 2.24) is 9.88 Å². The molecule has 118 valence electrons. The molecule has 22 heavy (non-hydrogen) atoms. The van der Waals surface area contributed by atoms with Gasteiger partial charge in [-0.3, -0.25) is 4.90 Å². The van der Waals surface area contributed by atoms with Crippen molar-refractivity contribution < 1.29 is 4.74 Å². The van der Waals surface area contributed by atoms with E-state index in [0.717, 1.165) is 38.9 Å². The van der Waals surface area contributed by atoms with Gasteiger partial charge in [0.25, 0.3) is 0 Å². The fourth-order valence-electron chi connectivity index (χ4n) is 2.56. The van der Waals surface area contributed by atoms with E-state index in [1.807, 2.05) is 24.3 Å². The van der Waals surface area contributed by atoms with Gasteiger partial charge in [0.15, 0.2) is 0 Å². The van der Waals surface area contributed by atoms with Crippen LogP contribution in [0.5, 0.6) is 5.88 Å². The zero-order valence-corrected chi connectivity index (χ0v) is 13.7. The Morgan fingerprint density at radius 2 is 2.05 bits per heavy atom. The number of allylic oxidation sites excluding steroid dienone is 1. The van der Waals surface area contributed by atoms with E-state index in [1.165, 1.54) is 11.1 Å². The zero-order valence-electron chi connectivity index (χ0n) is 12.9. The Balaban J connectivity index is 1.66. The summed E-state index contributed by atoms with van der Waals surface area (Å²) < 4.78 is 5.60. The number of halogens is 1. The van der Waals surface area contributed by atoms with Gasteiger partial charge in [-0.25, -0.2) is 4.98 Å². The van der Waals surface area contributed by atoms with Crippen molar-refractivity contribution in [2.75, 3.05) is 26.2 Å². The first-order chi connectivity index (χ1) is 10.7. The van der Waals surface area contributed by atoms with Gasteiger partial charge in [-0.2, -0.15) is 0 Å². The second-order valence-electron chi connectivity index (χ2n) is 5.34. The lowest BCUT2D eigenvalue weighted by Gasteiger charge is -2.28. The molecule has 0 amide bonds. The van der Waals surface area contributed by atoms with E-state index in [9.17, 15) is 0 Å². The molecule has 1 aromatic heterocycles. The van der Waals surface area contributed by atoms with Crippen molar-refractivity contribution in [2.45, 2.75) is 19.3 Å². The van der Waals surface area contributed by atoms with E-state index in [0.29, 0.717) is 17.6 Å². The first kappa shape index (κ1) is 16.8. The summed E-state index contributed by atoms with van der Waals surface area (Å²) in [4.78, 5) is 6.57. The lowest BCUT2D eigenvalue weighted by atomic mass is 10.00. The molecule has 1 aliphatic heterocycles. The fraction of sp³-hybridized carbons (Fsp3) is 0.389. The topological polar surface area (TPSA) is 25.4 Å². The average Bonchev–Trinajstić information content (AvgIpc) is 2.54. The molecule has 2 heterocycles. The van der Waals surface area contributed by atoms with Gasteiger partial charge in [-0.1, -0.05) is 43.0 Å². The van der Waals surface area contributed by atoms with E-state index < -0.39 is 0 Å². The van der Waals surface area contributed by atoms with Gasteiger partial charge >= 0.3 is 0 Å². The molecule has 0 saturated carbocycles. The van der Waals surface area contributed by atoms with Crippen LogP contribution in [-0.2, 0) is 0 Å². The summed E-state index contributed by atoms with van der Waals surface area (Å²) in [5.41, 5.74) is 2.64. The molecule has 0 saturated heterocycles. The zero-order chi connectivity index (χ0) is 15.8. The molecule has 0 aromatic carbocycles. The van der Waals surface area contributed by atoms with Crippen LogP contribution in [0.15, 0.2) is 54.7 Å². The van der Waals surface area contributed by atoms with Gasteiger partial charge in [0, 0.05) is 19.2 Å². The van der Waals surface area contributed by atoms with Gasteiger partial charge in [-0.15, -0.1) is 0 Å². The Morgan fingerprint density at radius 3 is 2.77 bits per heavy atom. The molecule has 3 nitrogen and oxygen atoms in total. The molecule has 0 spiro atoms. The van der Waals surface area contributed by atoms with Crippen LogP contribution >= 0.6 is 11.6 Å². The number of nitrogens with zero attached hydrogens (tertiary/aromatic N) is 2. The maximum atomic E-state index is 5.82. The van der Waals surface area contributed by atoms with Gasteiger partial charge < -0.3 is 4.74 Å². The highest BCUT2D eigenvalue weighted by Gasteiger charge is 2.14. The van der Waals surface area contributed by atoms with Gasteiger partial charge in [0.1, 0.15) is 5.15 Å². The lowest BCUT2D eigenvalue weighted by Crippen LogP contribution is -2.32. The van der Waals surface area contributed by atoms with E-state index in [4.69, 9.17) is 16.3 Å². The van der Waals surface area contributed by atoms with E-state index in [-0.39, 0.29) is 0 Å². The van der Waals surface area contributed by atoms with E-state index in [2.05, 4.69) is 23.0 Å². The molecular weight excluding hydrogens is 296 g/mol. The minimum atomic E-state index is 0.465. The van der Waals surface area contributed by atoms with Crippen molar-refractivity contribution in [3.05, 3.63) is 59.8 Å². The van der Waals surface area contributed by atoms with Crippen molar-refractivity contribution in [3.63, 3.8) is 0 Å². The summed E-state index contributed by atoms with van der Waals surface area (Å²) in [6, 6.07) is 5.42. The van der Waals surface area contributed by atoms with Gasteiger partial charge in [0.05, 0.1) is 6.61 Å². The van der Waals surface area contributed by atoms with Crippen LogP contribution in [0, 0.1) is 0 Å². The summed E-state index contributed by atoms with van der Waals surface area (Å²) in [6.07, 6.45) is 7.09. The molecule has 0 fully saturated rings. The second-order valence-corrected chi connectivity index (χ2v) is 5.73. The van der Waals surface area contributed by atoms with Crippen LogP contribution in [0.1, 0.15) is 19.3 Å². The third kappa shape index (κ3) is 5.00. The predicted molar refractivity (Wildman–Crippen MR) is 92.5 cm³/mol. The van der Waals surface area contributed by atoms with Gasteiger partial charge in [0.2, 0.25) is 5.88 Å². The molecule has 1 aromatic rings. The van der Waals surface area contributed by atoms with Crippen molar-refractivity contribution in [1.29, 1.82) is 0 Å². The number of hydrogen-bond acceptors (Lipinski definition) is 3. The predicted octanol–water partition coefficient (Wildman–Crippen LogP) is 4.27. The number of unbranched alkanes of at least 4 members (excludes halogenated alkanes) is 1. The Bertz CT molecular complexity index is 554. The van der Waals surface area contributed by atoms with E-state index in [1.54, 1.807) is 6.07 Å². The highest BCUT2D eigenvalue weighted by Crippen LogP contribution is 2.19. The molecule has 2 rings (SSSR count). The average molecular weight is 319 g/mol.